The average molecular weight is 250 g/mol. The third-order valence-corrected chi connectivity index (χ3v) is 1.62. The predicted octanol–water partition coefficient (Wildman–Crippen LogP) is 3.65. The van der Waals surface area contributed by atoms with Gasteiger partial charge in [0.15, 0.2) is 0 Å². The lowest BCUT2D eigenvalue weighted by Gasteiger charge is -2.04. The maximum atomic E-state index is 12.7. The van der Waals surface area contributed by atoms with Crippen LogP contribution in [0.5, 0.6) is 0 Å². The van der Waals surface area contributed by atoms with Crippen LogP contribution in [0.1, 0.15) is 26.3 Å². The van der Waals surface area contributed by atoms with E-state index in [9.17, 15) is 4.39 Å². The van der Waals surface area contributed by atoms with E-state index in [0.29, 0.717) is 10.6 Å². The van der Waals surface area contributed by atoms with Gasteiger partial charge in [-0.05, 0) is 12.1 Å². The van der Waals surface area contributed by atoms with Crippen LogP contribution < -0.4 is 5.73 Å². The Morgan fingerprint density at radius 1 is 1.40 bits per heavy atom. The fourth-order valence-corrected chi connectivity index (χ4v) is 0.968. The van der Waals surface area contributed by atoms with Gasteiger partial charge < -0.3 is 5.73 Å². The fraction of sp³-hybridized carbons (Fsp3) is 0.455. The van der Waals surface area contributed by atoms with Crippen LogP contribution in [0.4, 0.5) is 4.39 Å². The zero-order valence-electron chi connectivity index (χ0n) is 9.22. The van der Waals surface area contributed by atoms with Crippen LogP contribution in [0, 0.1) is 5.82 Å². The Bertz CT molecular complexity index is 284. The molecule has 0 fully saturated rings. The Morgan fingerprint density at radius 2 is 1.87 bits per heavy atom. The third-order valence-electron chi connectivity index (χ3n) is 1.27. The van der Waals surface area contributed by atoms with Crippen molar-refractivity contribution in [3.8, 4) is 0 Å². The van der Waals surface area contributed by atoms with Crippen molar-refractivity contribution in [3.05, 3.63) is 34.6 Å². The van der Waals surface area contributed by atoms with E-state index in [-0.39, 0.29) is 17.1 Å². The van der Waals surface area contributed by atoms with Crippen molar-refractivity contribution in [2.75, 3.05) is 0 Å². The monoisotopic (exact) mass is 249 g/mol. The van der Waals surface area contributed by atoms with E-state index in [1.807, 2.05) is 0 Å². The molecule has 0 saturated heterocycles. The fourth-order valence-electron chi connectivity index (χ4n) is 0.727. The van der Waals surface area contributed by atoms with E-state index < -0.39 is 0 Å². The second-order valence-corrected chi connectivity index (χ2v) is 5.82. The molecule has 2 N–H and O–H groups in total. The molecule has 1 aromatic rings. The highest BCUT2D eigenvalue weighted by molar-refractivity contribution is 7.81. The molecule has 0 radical (unpaired) electrons. The average Bonchev–Trinajstić information content (AvgIpc) is 2.01. The maximum Gasteiger partial charge on any atom is 0.129 e. The largest absolute Gasteiger partial charge is 0.326 e. The van der Waals surface area contributed by atoms with E-state index in [1.165, 1.54) is 6.07 Å². The highest BCUT2D eigenvalue weighted by Gasteiger charge is 2.02. The van der Waals surface area contributed by atoms with Gasteiger partial charge in [0.25, 0.3) is 0 Å². The van der Waals surface area contributed by atoms with Gasteiger partial charge in [-0.25, -0.2) is 4.39 Å². The predicted molar refractivity (Wildman–Crippen MR) is 68.0 cm³/mol. The molecule has 0 atom stereocenters. The topological polar surface area (TPSA) is 26.0 Å². The Balaban J connectivity index is 0.000000336. The first-order chi connectivity index (χ1) is 6.75. The summed E-state index contributed by atoms with van der Waals surface area (Å²) in [6.45, 7) is 6.30. The van der Waals surface area contributed by atoms with Crippen molar-refractivity contribution in [2.45, 2.75) is 32.1 Å². The maximum absolute atomic E-state index is 12.7. The van der Waals surface area contributed by atoms with E-state index >= 15 is 0 Å². The molecule has 0 aromatic heterocycles. The number of benzene rings is 1. The van der Waals surface area contributed by atoms with E-state index in [4.69, 9.17) is 17.3 Å². The standard InChI is InChI=1S/C7H7ClFN.C4H10S/c8-6-2-1-3-7(9)5(6)4-10;1-4(2,3)5/h1-3H,4,10H2;5H,1-3H3. The lowest BCUT2D eigenvalue weighted by molar-refractivity contribution is 0.611. The molecule has 1 rings (SSSR count). The first-order valence-corrected chi connectivity index (χ1v) is 5.43. The normalized spacial score (nSPS) is 10.6. The van der Waals surface area contributed by atoms with Gasteiger partial charge in [0.05, 0.1) is 0 Å². The van der Waals surface area contributed by atoms with E-state index in [2.05, 4.69) is 33.4 Å². The van der Waals surface area contributed by atoms with Gasteiger partial charge in [-0.3, -0.25) is 0 Å². The summed E-state index contributed by atoms with van der Waals surface area (Å²) in [5.74, 6) is -0.338. The highest BCUT2D eigenvalue weighted by atomic mass is 35.5. The first kappa shape index (κ1) is 14.8. The highest BCUT2D eigenvalue weighted by Crippen LogP contribution is 2.17. The molecule has 15 heavy (non-hydrogen) atoms. The minimum absolute atomic E-state index is 0.144. The van der Waals surface area contributed by atoms with Gasteiger partial charge in [-0.1, -0.05) is 38.4 Å². The van der Waals surface area contributed by atoms with Crippen LogP contribution >= 0.6 is 24.2 Å². The van der Waals surface area contributed by atoms with Crippen molar-refractivity contribution in [2.24, 2.45) is 5.73 Å². The van der Waals surface area contributed by atoms with Crippen LogP contribution in [0.2, 0.25) is 5.02 Å². The van der Waals surface area contributed by atoms with Gasteiger partial charge in [0.2, 0.25) is 0 Å². The summed E-state index contributed by atoms with van der Waals surface area (Å²) >= 11 is 9.73. The van der Waals surface area contributed by atoms with Crippen molar-refractivity contribution in [3.63, 3.8) is 0 Å². The summed E-state index contributed by atoms with van der Waals surface area (Å²) < 4.78 is 12.9. The summed E-state index contributed by atoms with van der Waals surface area (Å²) in [6.07, 6.45) is 0. The molecule has 0 heterocycles. The minimum Gasteiger partial charge on any atom is -0.326 e. The van der Waals surface area contributed by atoms with E-state index in [0.717, 1.165) is 0 Å². The van der Waals surface area contributed by atoms with Crippen molar-refractivity contribution in [1.82, 2.24) is 0 Å². The molecule has 0 aliphatic rings. The molecule has 1 nitrogen and oxygen atoms in total. The molecule has 1 aromatic carbocycles. The smallest absolute Gasteiger partial charge is 0.129 e. The second kappa shape index (κ2) is 6.36. The zero-order chi connectivity index (χ0) is 12.1. The van der Waals surface area contributed by atoms with Crippen LogP contribution in [-0.4, -0.2) is 4.75 Å². The number of nitrogens with two attached hydrogens (primary N) is 1. The van der Waals surface area contributed by atoms with Crippen molar-refractivity contribution >= 4 is 24.2 Å². The first-order valence-electron chi connectivity index (χ1n) is 4.61. The molecule has 0 unspecified atom stereocenters. The number of hydrogen-bond donors (Lipinski definition) is 2. The summed E-state index contributed by atoms with van der Waals surface area (Å²) in [5, 5.41) is 0.391. The summed E-state index contributed by atoms with van der Waals surface area (Å²) in [5.41, 5.74) is 5.61. The third kappa shape index (κ3) is 7.65. The number of thiol groups is 1. The molecule has 0 bridgehead atoms. The zero-order valence-corrected chi connectivity index (χ0v) is 10.9. The van der Waals surface area contributed by atoms with Gasteiger partial charge in [0, 0.05) is 21.9 Å². The minimum atomic E-state index is -0.338. The Kier molecular flexibility index (Phi) is 6.25. The molecule has 4 heteroatoms. The molecular formula is C11H17ClFNS. The SMILES string of the molecule is CC(C)(C)S.NCc1c(F)cccc1Cl. The van der Waals surface area contributed by atoms with Gasteiger partial charge in [-0.15, -0.1) is 0 Å². The molecule has 0 aliphatic carbocycles. The quantitative estimate of drug-likeness (QED) is 0.730. The van der Waals surface area contributed by atoms with Gasteiger partial charge in [-0.2, -0.15) is 12.6 Å². The Morgan fingerprint density at radius 3 is 2.13 bits per heavy atom. The van der Waals surface area contributed by atoms with Crippen LogP contribution in [0.3, 0.4) is 0 Å². The van der Waals surface area contributed by atoms with Gasteiger partial charge in [0.1, 0.15) is 5.82 Å². The van der Waals surface area contributed by atoms with Crippen molar-refractivity contribution < 1.29 is 4.39 Å². The second-order valence-electron chi connectivity index (χ2n) is 4.08. The van der Waals surface area contributed by atoms with Crippen LogP contribution in [-0.2, 0) is 6.54 Å². The molecule has 0 saturated carbocycles. The van der Waals surface area contributed by atoms with E-state index in [1.54, 1.807) is 12.1 Å². The lowest BCUT2D eigenvalue weighted by atomic mass is 10.2. The van der Waals surface area contributed by atoms with Gasteiger partial charge >= 0.3 is 0 Å². The Hall–Kier alpha value is -0.250. The number of halogens is 2. The number of hydrogen-bond acceptors (Lipinski definition) is 2. The molecule has 0 aliphatic heterocycles. The Labute approximate surface area is 101 Å². The van der Waals surface area contributed by atoms with Crippen molar-refractivity contribution in [1.29, 1.82) is 0 Å². The summed E-state index contributed by atoms with van der Waals surface area (Å²) in [4.78, 5) is 0. The van der Waals surface area contributed by atoms with Crippen LogP contribution in [0.25, 0.3) is 0 Å². The molecule has 0 amide bonds. The molecule has 86 valence electrons. The summed E-state index contributed by atoms with van der Waals surface area (Å²) in [6, 6.07) is 4.51. The number of rotatable bonds is 1. The lowest BCUT2D eigenvalue weighted by Crippen LogP contribution is -1.99. The molecular weight excluding hydrogens is 233 g/mol. The van der Waals surface area contributed by atoms with Crippen LogP contribution in [0.15, 0.2) is 18.2 Å². The molecule has 0 spiro atoms. The summed E-state index contributed by atoms with van der Waals surface area (Å²) in [7, 11) is 0.